The first kappa shape index (κ1) is 104. The zero-order valence-electron chi connectivity index (χ0n) is 85.8. The number of hydrogen-bond donors (Lipinski definition) is 12. The molecule has 0 radical (unpaired) electrons. The summed E-state index contributed by atoms with van der Waals surface area (Å²) in [6.07, 6.45) is 17.5. The number of likely N-dealkylation sites (tertiary alicyclic amines) is 3. The quantitative estimate of drug-likeness (QED) is 0.0213. The molecule has 8 aromatic carbocycles. The van der Waals surface area contributed by atoms with Gasteiger partial charge in [-0.2, -0.15) is 19.9 Å². The third-order valence-electron chi connectivity index (χ3n) is 28.5. The van der Waals surface area contributed by atoms with Gasteiger partial charge in [0.25, 0.3) is 0 Å². The van der Waals surface area contributed by atoms with Gasteiger partial charge in [0.05, 0.1) is 0 Å². The monoisotopic (exact) mass is 1990 g/mol. The second-order valence-corrected chi connectivity index (χ2v) is 39.3. The van der Waals surface area contributed by atoms with Gasteiger partial charge >= 0.3 is 0 Å². The molecular weight excluding hydrogens is 1860 g/mol. The van der Waals surface area contributed by atoms with Gasteiger partial charge in [-0.05, 0) is 301 Å². The molecule has 2 saturated carbocycles. The van der Waals surface area contributed by atoms with Gasteiger partial charge in [0.15, 0.2) is 0 Å². The van der Waals surface area contributed by atoms with E-state index in [2.05, 4.69) is 207 Å². The smallest absolute Gasteiger partial charge is 0.247 e. The van der Waals surface area contributed by atoms with Crippen LogP contribution >= 0.6 is 0 Å². The molecule has 19 rings (SSSR count). The molecule has 2 aliphatic carbocycles. The Hall–Kier alpha value is -17.0. The summed E-state index contributed by atoms with van der Waals surface area (Å²) in [5.74, 6) is 8.96. The summed E-state index contributed by atoms with van der Waals surface area (Å²) in [5.41, 5.74) is 24.1. The molecule has 7 atom stereocenters. The van der Waals surface area contributed by atoms with Crippen LogP contribution in [0.15, 0.2) is 239 Å². The van der Waals surface area contributed by atoms with Gasteiger partial charge in [0, 0.05) is 226 Å². The van der Waals surface area contributed by atoms with Crippen LogP contribution in [-0.2, 0) is 51.3 Å². The minimum atomic E-state index is -0.267. The van der Waals surface area contributed by atoms with E-state index in [0.717, 1.165) is 181 Å². The van der Waals surface area contributed by atoms with E-state index in [9.17, 15) is 38.4 Å². The lowest BCUT2D eigenvalue weighted by molar-refractivity contribution is -0.130. The fourth-order valence-electron chi connectivity index (χ4n) is 20.4. The van der Waals surface area contributed by atoms with Gasteiger partial charge in [0.1, 0.15) is 23.3 Å². The van der Waals surface area contributed by atoms with Crippen LogP contribution in [0.2, 0.25) is 0 Å². The van der Waals surface area contributed by atoms with Crippen molar-refractivity contribution in [3.8, 4) is 0 Å². The van der Waals surface area contributed by atoms with Crippen molar-refractivity contribution in [2.45, 2.75) is 134 Å². The molecule has 12 aromatic rings. The summed E-state index contributed by atoms with van der Waals surface area (Å²) in [4.78, 5) is 140. The molecule has 4 aromatic heterocycles. The van der Waals surface area contributed by atoms with Crippen molar-refractivity contribution in [2.24, 2.45) is 35.5 Å². The number of nitrogens with zero attached hydrogens (tertiary/aromatic N) is 13. The van der Waals surface area contributed by atoms with Crippen molar-refractivity contribution in [3.05, 3.63) is 306 Å². The molecule has 0 spiro atoms. The van der Waals surface area contributed by atoms with Crippen molar-refractivity contribution in [1.29, 1.82) is 0 Å². The highest BCUT2D eigenvalue weighted by atomic mass is 16.2. The summed E-state index contributed by atoms with van der Waals surface area (Å²) < 4.78 is 0. The maximum absolute atomic E-state index is 11.7. The fraction of sp³-hybridized carbons (Fsp3) is 0.304. The van der Waals surface area contributed by atoms with Crippen molar-refractivity contribution >= 4 is 168 Å². The molecule has 4 saturated heterocycles. The second kappa shape index (κ2) is 46.8. The van der Waals surface area contributed by atoms with Crippen molar-refractivity contribution in [3.63, 3.8) is 0 Å². The number of nitrogens with one attached hydrogen (secondary N) is 12. The lowest BCUT2D eigenvalue weighted by atomic mass is 9.94. The van der Waals surface area contributed by atoms with Crippen LogP contribution in [-0.4, -0.2) is 166 Å². The topological polar surface area (TPSA) is 400 Å². The number of hydrogen-bond acceptors (Lipinski definition) is 25. The average Bonchev–Trinajstić information content (AvgIpc) is 1.63. The van der Waals surface area contributed by atoms with Gasteiger partial charge in [-0.1, -0.05) is 80.9 Å². The highest BCUT2D eigenvalue weighted by molar-refractivity contribution is 6.01. The SMILES string of the molecule is C=CC(=O)Nc1cccc(Nc2nc(Nc3cc4c(cc3C)CN(C(C)=O)CC4)ncc2C)c1.C=CC(=O)Nc1cccc(Nc2nc(Nc3ccc(C4CC5CN(C(C)=O)CC5C4)cc3C)ncc2C)c1.C=CC(=O)Nc1cccc(Nc2nc(Nc3ccc(C4C[C@@H]5CN(C(C)=O)C[C@@H]5C4)cc3C)ncc2C)c1.C=CC(=O)Nc1cccc(Nc2nc(Nc3ccc(N4CC5CN(C(C)=O)CC5C4)cc3C)ncc2C)c1. The Balaban J connectivity index is 0.000000141. The summed E-state index contributed by atoms with van der Waals surface area (Å²) >= 11 is 0. The van der Waals surface area contributed by atoms with Gasteiger partial charge in [-0.25, -0.2) is 19.9 Å². The molecule has 9 heterocycles. The fourth-order valence-corrected chi connectivity index (χ4v) is 20.4. The zero-order valence-corrected chi connectivity index (χ0v) is 85.8. The molecule has 33 heteroatoms. The first-order valence-electron chi connectivity index (χ1n) is 50.0. The standard InChI is InChI=1S/2C30H34N6O2.C29H33N7O2.C26H28N6O2/c2*1-5-28(38)32-25-7-6-8-26(14-25)33-29-19(3)15-31-30(35-29)34-27-10-9-21(11-18(27)2)22-12-23-16-36(20(4)37)17-24(23)13-22;1-5-27(38)31-23-7-6-8-24(12-23)32-28-19(3)13-30-29(34-28)33-26-10-9-25(11-18(26)2)36-16-21-14-35(20(4)37)15-22(21)17-36;1-5-24(34)28-21-7-6-8-22(13-21)29-25-17(3)14-27-26(31-25)30-23-12-19-9-10-32(18(4)33)15-20(19)11-16(23)2/h2*5-11,14-15,22-24H,1,12-13,16-17H2,2-4H3,(H,32,38)(H2,31,33,34,35);5-13,21-22H,1,14-17H2,2-4H3,(H,31,38)(H2,30,32,33,34);5-8,11-14H,1,9-10,15H2,2-4H3,(H,28,34)(H2,27,29,30,31)/t22?,23-,24+;;;. The number of aromatic nitrogens is 8. The van der Waals surface area contributed by atoms with E-state index in [1.165, 1.54) is 52.2 Å². The molecule has 7 aliphatic rings. The van der Waals surface area contributed by atoms with E-state index in [-0.39, 0.29) is 47.3 Å². The second-order valence-electron chi connectivity index (χ2n) is 39.3. The van der Waals surface area contributed by atoms with E-state index in [1.807, 2.05) is 145 Å². The van der Waals surface area contributed by atoms with Gasteiger partial charge in [-0.15, -0.1) is 0 Å². The van der Waals surface area contributed by atoms with Crippen LogP contribution in [0, 0.1) is 90.9 Å². The van der Waals surface area contributed by atoms with E-state index < -0.39 is 0 Å². The molecule has 5 aliphatic heterocycles. The molecule has 5 unspecified atom stereocenters. The van der Waals surface area contributed by atoms with Crippen molar-refractivity contribution < 1.29 is 38.4 Å². The molecule has 12 N–H and O–H groups in total. The van der Waals surface area contributed by atoms with Crippen molar-refractivity contribution in [2.75, 3.05) is 128 Å². The maximum atomic E-state index is 11.7. The number of rotatable bonds is 27. The van der Waals surface area contributed by atoms with Crippen LogP contribution in [0.4, 0.5) is 121 Å². The molecule has 8 amide bonds. The van der Waals surface area contributed by atoms with Gasteiger partial charge in [-0.3, -0.25) is 38.4 Å². The zero-order chi connectivity index (χ0) is 105. The summed E-state index contributed by atoms with van der Waals surface area (Å²) in [6, 6.07) is 53.5. The van der Waals surface area contributed by atoms with Crippen LogP contribution in [0.25, 0.3) is 0 Å². The molecule has 148 heavy (non-hydrogen) atoms. The third-order valence-corrected chi connectivity index (χ3v) is 28.5. The minimum absolute atomic E-state index is 0.104. The highest BCUT2D eigenvalue weighted by Gasteiger charge is 2.45. The molecular formula is C115H129N25O8. The van der Waals surface area contributed by atoms with E-state index in [1.54, 1.807) is 58.5 Å². The Morgan fingerprint density at radius 2 is 0.588 bits per heavy atom. The first-order chi connectivity index (χ1) is 71.2. The average molecular weight is 1990 g/mol. The third kappa shape index (κ3) is 26.4. The van der Waals surface area contributed by atoms with Gasteiger partial charge < -0.3 is 88.3 Å². The summed E-state index contributed by atoms with van der Waals surface area (Å²) in [5, 5.41) is 37.8. The lowest BCUT2D eigenvalue weighted by Gasteiger charge is -2.29. The normalized spacial score (nSPS) is 17.9. The molecule has 33 nitrogen and oxygen atoms in total. The Labute approximate surface area is 863 Å². The predicted molar refractivity (Wildman–Crippen MR) is 588 cm³/mol. The number of carbonyl (C=O) groups excluding carboxylic acids is 8. The lowest BCUT2D eigenvalue weighted by Crippen LogP contribution is -2.34. The highest BCUT2D eigenvalue weighted by Crippen LogP contribution is 2.49. The van der Waals surface area contributed by atoms with E-state index in [4.69, 9.17) is 15.0 Å². The largest absolute Gasteiger partial charge is 0.371 e. The van der Waals surface area contributed by atoms with Crippen LogP contribution < -0.4 is 68.7 Å². The Morgan fingerprint density at radius 3 is 0.892 bits per heavy atom. The Kier molecular flexibility index (Phi) is 32.8. The maximum Gasteiger partial charge on any atom is 0.247 e. The molecule has 6 fully saturated rings. The van der Waals surface area contributed by atoms with Gasteiger partial charge in [0.2, 0.25) is 71.1 Å². The van der Waals surface area contributed by atoms with Crippen LogP contribution in [0.5, 0.6) is 0 Å². The molecule has 0 bridgehead atoms. The summed E-state index contributed by atoms with van der Waals surface area (Å²) in [7, 11) is 0. The number of fused-ring (bicyclic) bond motifs is 4. The Bertz CT molecular complexity index is 6550. The van der Waals surface area contributed by atoms with Crippen LogP contribution in [0.1, 0.15) is 132 Å². The first-order valence-corrected chi connectivity index (χ1v) is 50.0. The van der Waals surface area contributed by atoms with E-state index in [0.29, 0.717) is 124 Å². The number of benzene rings is 8. The van der Waals surface area contributed by atoms with Crippen LogP contribution in [0.3, 0.4) is 0 Å². The number of carbonyl (C=O) groups is 8. The number of aryl methyl sites for hydroxylation is 8. The van der Waals surface area contributed by atoms with E-state index >= 15 is 0 Å². The Morgan fingerprint density at radius 1 is 0.297 bits per heavy atom. The van der Waals surface area contributed by atoms with Crippen molar-refractivity contribution in [1.82, 2.24) is 59.5 Å². The molecule has 762 valence electrons. The minimum Gasteiger partial charge on any atom is -0.371 e. The number of amides is 8. The predicted octanol–water partition coefficient (Wildman–Crippen LogP) is 20.6. The summed E-state index contributed by atoms with van der Waals surface area (Å²) in [6.45, 7) is 45.4. The number of anilines is 21.